The molecule has 2 heterocycles. The molecule has 8 heteroatoms. The first-order chi connectivity index (χ1) is 11.9. The molecule has 0 spiro atoms. The monoisotopic (exact) mass is 372 g/mol. The molecule has 138 valence electrons. The molecular formula is C17H22F2N2O3S. The van der Waals surface area contributed by atoms with Gasteiger partial charge in [-0.2, -0.15) is 4.31 Å². The van der Waals surface area contributed by atoms with Crippen molar-refractivity contribution in [3.8, 4) is 0 Å². The number of carbonyl (C=O) groups is 1. The van der Waals surface area contributed by atoms with Gasteiger partial charge in [-0.05, 0) is 37.8 Å². The molecule has 3 rings (SSSR count). The third kappa shape index (κ3) is 3.69. The largest absolute Gasteiger partial charge is 0.343 e. The maximum atomic E-state index is 14.0. The van der Waals surface area contributed by atoms with Crippen molar-refractivity contribution in [2.24, 2.45) is 0 Å². The molecule has 2 fully saturated rings. The minimum atomic E-state index is -4.25. The molecule has 0 radical (unpaired) electrons. The summed E-state index contributed by atoms with van der Waals surface area (Å²) in [5.41, 5.74) is 0. The molecule has 1 atom stereocenters. The summed E-state index contributed by atoms with van der Waals surface area (Å²) in [5.74, 6) is -2.05. The summed E-state index contributed by atoms with van der Waals surface area (Å²) in [6.07, 6.45) is 4.01. The molecule has 1 aromatic carbocycles. The van der Waals surface area contributed by atoms with E-state index < -0.39 is 26.6 Å². The summed E-state index contributed by atoms with van der Waals surface area (Å²) in [6, 6.07) is 2.72. The number of halogens is 2. The summed E-state index contributed by atoms with van der Waals surface area (Å²) < 4.78 is 55.0. The SMILES string of the molecule is O=C1CCCN1CC[C@@H]1CCCCN1S(=O)(=O)c1c(F)cccc1F. The van der Waals surface area contributed by atoms with Crippen LogP contribution >= 0.6 is 0 Å². The van der Waals surface area contributed by atoms with E-state index in [0.717, 1.165) is 31.0 Å². The van der Waals surface area contributed by atoms with Crippen LogP contribution in [0.3, 0.4) is 0 Å². The highest BCUT2D eigenvalue weighted by atomic mass is 32.2. The van der Waals surface area contributed by atoms with Gasteiger partial charge in [0.1, 0.15) is 11.6 Å². The van der Waals surface area contributed by atoms with Crippen LogP contribution in [0.5, 0.6) is 0 Å². The fourth-order valence-corrected chi connectivity index (χ4v) is 5.51. The van der Waals surface area contributed by atoms with Crippen LogP contribution < -0.4 is 0 Å². The normalized spacial score (nSPS) is 22.6. The summed E-state index contributed by atoms with van der Waals surface area (Å²) in [4.78, 5) is 12.6. The molecule has 2 aliphatic heterocycles. The van der Waals surface area contributed by atoms with Crippen LogP contribution in [0.15, 0.2) is 23.1 Å². The van der Waals surface area contributed by atoms with Gasteiger partial charge in [0.15, 0.2) is 4.90 Å². The van der Waals surface area contributed by atoms with E-state index in [1.54, 1.807) is 4.90 Å². The van der Waals surface area contributed by atoms with Crippen molar-refractivity contribution >= 4 is 15.9 Å². The first-order valence-electron chi connectivity index (χ1n) is 8.65. The molecule has 1 amide bonds. The van der Waals surface area contributed by atoms with Crippen LogP contribution in [-0.2, 0) is 14.8 Å². The Morgan fingerprint density at radius 3 is 2.44 bits per heavy atom. The van der Waals surface area contributed by atoms with E-state index in [0.29, 0.717) is 38.8 Å². The van der Waals surface area contributed by atoms with E-state index in [2.05, 4.69) is 0 Å². The highest BCUT2D eigenvalue weighted by Gasteiger charge is 2.37. The summed E-state index contributed by atoms with van der Waals surface area (Å²) >= 11 is 0. The van der Waals surface area contributed by atoms with Crippen molar-refractivity contribution in [3.05, 3.63) is 29.8 Å². The Kier molecular flexibility index (Phi) is 5.38. The Hall–Kier alpha value is -1.54. The number of hydrogen-bond donors (Lipinski definition) is 0. The van der Waals surface area contributed by atoms with Crippen molar-refractivity contribution in [3.63, 3.8) is 0 Å². The van der Waals surface area contributed by atoms with Gasteiger partial charge in [-0.15, -0.1) is 0 Å². The molecule has 5 nitrogen and oxygen atoms in total. The molecule has 2 saturated heterocycles. The average Bonchev–Trinajstić information content (AvgIpc) is 2.98. The van der Waals surface area contributed by atoms with Crippen LogP contribution in [0.25, 0.3) is 0 Å². The third-order valence-electron chi connectivity index (χ3n) is 4.96. The average molecular weight is 372 g/mol. The lowest BCUT2D eigenvalue weighted by Crippen LogP contribution is -2.45. The Labute approximate surface area is 146 Å². The highest BCUT2D eigenvalue weighted by Crippen LogP contribution is 2.30. The lowest BCUT2D eigenvalue weighted by atomic mass is 10.0. The first kappa shape index (κ1) is 18.3. The number of nitrogens with zero attached hydrogens (tertiary/aromatic N) is 2. The molecular weight excluding hydrogens is 350 g/mol. The Balaban J connectivity index is 1.81. The zero-order valence-corrected chi connectivity index (χ0v) is 14.8. The van der Waals surface area contributed by atoms with E-state index in [9.17, 15) is 22.0 Å². The van der Waals surface area contributed by atoms with Crippen molar-refractivity contribution in [1.29, 1.82) is 0 Å². The van der Waals surface area contributed by atoms with Gasteiger partial charge in [-0.1, -0.05) is 12.5 Å². The quantitative estimate of drug-likeness (QED) is 0.798. The maximum absolute atomic E-state index is 14.0. The van der Waals surface area contributed by atoms with E-state index in [1.807, 2.05) is 0 Å². The number of likely N-dealkylation sites (tertiary alicyclic amines) is 1. The molecule has 0 aromatic heterocycles. The Morgan fingerprint density at radius 1 is 1.08 bits per heavy atom. The smallest absolute Gasteiger partial charge is 0.249 e. The fraction of sp³-hybridized carbons (Fsp3) is 0.588. The third-order valence-corrected chi connectivity index (χ3v) is 6.97. The van der Waals surface area contributed by atoms with Gasteiger partial charge in [0.05, 0.1) is 0 Å². The highest BCUT2D eigenvalue weighted by molar-refractivity contribution is 7.89. The van der Waals surface area contributed by atoms with E-state index in [4.69, 9.17) is 0 Å². The predicted molar refractivity (Wildman–Crippen MR) is 88.3 cm³/mol. The van der Waals surface area contributed by atoms with Gasteiger partial charge >= 0.3 is 0 Å². The first-order valence-corrected chi connectivity index (χ1v) is 10.1. The molecule has 1 aromatic rings. The van der Waals surface area contributed by atoms with Gasteiger partial charge in [-0.25, -0.2) is 17.2 Å². The molecule has 0 saturated carbocycles. The maximum Gasteiger partial charge on any atom is 0.249 e. The van der Waals surface area contributed by atoms with Gasteiger partial charge in [0, 0.05) is 32.1 Å². The topological polar surface area (TPSA) is 57.7 Å². The molecule has 0 N–H and O–H groups in total. The zero-order valence-electron chi connectivity index (χ0n) is 14.0. The minimum absolute atomic E-state index is 0.0883. The van der Waals surface area contributed by atoms with Crippen LogP contribution in [0, 0.1) is 11.6 Å². The number of amides is 1. The molecule has 0 bridgehead atoms. The molecule has 0 unspecified atom stereocenters. The van der Waals surface area contributed by atoms with E-state index in [1.165, 1.54) is 4.31 Å². The van der Waals surface area contributed by atoms with Crippen molar-refractivity contribution in [1.82, 2.24) is 9.21 Å². The summed E-state index contributed by atoms with van der Waals surface area (Å²) in [6.45, 7) is 1.42. The van der Waals surface area contributed by atoms with Crippen LogP contribution in [0.1, 0.15) is 38.5 Å². The van der Waals surface area contributed by atoms with E-state index >= 15 is 0 Å². The number of sulfonamides is 1. The number of hydrogen-bond acceptors (Lipinski definition) is 3. The van der Waals surface area contributed by atoms with Crippen LogP contribution in [0.4, 0.5) is 8.78 Å². The van der Waals surface area contributed by atoms with Crippen molar-refractivity contribution < 1.29 is 22.0 Å². The lowest BCUT2D eigenvalue weighted by Gasteiger charge is -2.35. The molecule has 2 aliphatic rings. The second-order valence-corrected chi connectivity index (χ2v) is 8.42. The van der Waals surface area contributed by atoms with Crippen molar-refractivity contribution in [2.75, 3.05) is 19.6 Å². The van der Waals surface area contributed by atoms with E-state index in [-0.39, 0.29) is 18.5 Å². The van der Waals surface area contributed by atoms with Gasteiger partial charge in [-0.3, -0.25) is 4.79 Å². The molecule has 25 heavy (non-hydrogen) atoms. The van der Waals surface area contributed by atoms with Gasteiger partial charge in [0.25, 0.3) is 0 Å². The summed E-state index contributed by atoms with van der Waals surface area (Å²) in [5, 5.41) is 0. The number of carbonyl (C=O) groups excluding carboxylic acids is 1. The van der Waals surface area contributed by atoms with Crippen molar-refractivity contribution in [2.45, 2.75) is 49.5 Å². The predicted octanol–water partition coefficient (Wildman–Crippen LogP) is 2.52. The van der Waals surface area contributed by atoms with Gasteiger partial charge in [0.2, 0.25) is 15.9 Å². The minimum Gasteiger partial charge on any atom is -0.343 e. The zero-order chi connectivity index (χ0) is 18.0. The van der Waals surface area contributed by atoms with Gasteiger partial charge < -0.3 is 4.90 Å². The number of rotatable bonds is 5. The van der Waals surface area contributed by atoms with Crippen LogP contribution in [0.2, 0.25) is 0 Å². The standard InChI is InChI=1S/C17H22F2N2O3S/c18-14-6-3-7-15(19)17(14)25(23,24)21-11-2-1-5-13(21)9-12-20-10-4-8-16(20)22/h3,6-7,13H,1-2,4-5,8-12H2/t13-/m0/s1. The second kappa shape index (κ2) is 7.37. The number of benzene rings is 1. The molecule has 0 aliphatic carbocycles. The second-order valence-electron chi connectivity index (χ2n) is 6.59. The summed E-state index contributed by atoms with van der Waals surface area (Å²) in [7, 11) is -4.25. The fourth-order valence-electron chi connectivity index (χ4n) is 3.67. The van der Waals surface area contributed by atoms with Crippen LogP contribution in [-0.4, -0.2) is 49.2 Å². The number of piperidine rings is 1. The Bertz CT molecular complexity index is 734. The Morgan fingerprint density at radius 2 is 1.80 bits per heavy atom. The lowest BCUT2D eigenvalue weighted by molar-refractivity contribution is -0.127.